The topological polar surface area (TPSA) is 71.2 Å². The second-order valence-corrected chi connectivity index (χ2v) is 3.30. The number of aliphatic hydroxyl groups is 1. The molecular formula is C7H8F3N3O2. The van der Waals surface area contributed by atoms with Crippen molar-refractivity contribution in [1.29, 1.82) is 0 Å². The molecule has 1 saturated heterocycles. The highest BCUT2D eigenvalue weighted by Crippen LogP contribution is 2.29. The molecular weight excluding hydrogens is 215 g/mol. The molecule has 2 rings (SSSR count). The van der Waals surface area contributed by atoms with E-state index in [0.29, 0.717) is 6.54 Å². The van der Waals surface area contributed by atoms with E-state index >= 15 is 0 Å². The predicted octanol–water partition coefficient (Wildman–Crippen LogP) is 0.484. The molecule has 1 aliphatic rings. The maximum Gasteiger partial charge on any atom is 0.455 e. The van der Waals surface area contributed by atoms with E-state index in [1.165, 1.54) is 0 Å². The molecule has 2 heterocycles. The average molecular weight is 223 g/mol. The largest absolute Gasteiger partial charge is 0.455 e. The average Bonchev–Trinajstić information content (AvgIpc) is 2.69. The van der Waals surface area contributed by atoms with Crippen LogP contribution in [-0.4, -0.2) is 27.9 Å². The minimum atomic E-state index is -4.60. The maximum atomic E-state index is 12.1. The summed E-state index contributed by atoms with van der Waals surface area (Å²) in [6, 6.07) is -0.497. The highest BCUT2D eigenvalue weighted by molar-refractivity contribution is 4.99. The highest BCUT2D eigenvalue weighted by Gasteiger charge is 2.39. The number of hydrogen-bond donors (Lipinski definition) is 2. The fraction of sp³-hybridized carbons (Fsp3) is 0.714. The first-order valence-electron chi connectivity index (χ1n) is 4.29. The molecule has 1 aromatic heterocycles. The van der Waals surface area contributed by atoms with Crippen LogP contribution in [0, 0.1) is 0 Å². The van der Waals surface area contributed by atoms with E-state index in [-0.39, 0.29) is 12.3 Å². The van der Waals surface area contributed by atoms with E-state index in [9.17, 15) is 13.2 Å². The standard InChI is InChI=1S/C7H8F3N3O2/c8-7(9,10)6-12-5(15-13-6)4-1-3(14)2-11-4/h3-4,11,14H,1-2H2. The van der Waals surface area contributed by atoms with E-state index < -0.39 is 24.1 Å². The minimum absolute atomic E-state index is 0.140. The SMILES string of the molecule is OC1CNC(c2nc(C(F)(F)F)no2)C1. The van der Waals surface area contributed by atoms with E-state index in [1.54, 1.807) is 0 Å². The fourth-order valence-corrected chi connectivity index (χ4v) is 1.40. The number of rotatable bonds is 1. The van der Waals surface area contributed by atoms with Crippen LogP contribution in [0.5, 0.6) is 0 Å². The van der Waals surface area contributed by atoms with E-state index in [4.69, 9.17) is 5.11 Å². The van der Waals surface area contributed by atoms with Crippen LogP contribution in [0.4, 0.5) is 13.2 Å². The van der Waals surface area contributed by atoms with Crippen LogP contribution in [0.1, 0.15) is 24.2 Å². The van der Waals surface area contributed by atoms with Gasteiger partial charge >= 0.3 is 6.18 Å². The third kappa shape index (κ3) is 2.10. The van der Waals surface area contributed by atoms with Gasteiger partial charge < -0.3 is 14.9 Å². The monoisotopic (exact) mass is 223 g/mol. The van der Waals surface area contributed by atoms with Crippen LogP contribution in [-0.2, 0) is 6.18 Å². The zero-order chi connectivity index (χ0) is 11.1. The Kier molecular flexibility index (Phi) is 2.39. The van der Waals surface area contributed by atoms with Crippen molar-refractivity contribution in [2.24, 2.45) is 0 Å². The summed E-state index contributed by atoms with van der Waals surface area (Å²) in [4.78, 5) is 3.22. The van der Waals surface area contributed by atoms with Crippen molar-refractivity contribution in [2.45, 2.75) is 24.7 Å². The van der Waals surface area contributed by atoms with E-state index in [2.05, 4.69) is 20.0 Å². The molecule has 0 bridgehead atoms. The summed E-state index contributed by atoms with van der Waals surface area (Å²) in [7, 11) is 0. The van der Waals surface area contributed by atoms with Gasteiger partial charge in [-0.15, -0.1) is 0 Å². The van der Waals surface area contributed by atoms with Crippen LogP contribution >= 0.6 is 0 Å². The van der Waals surface area contributed by atoms with Gasteiger partial charge in [0.15, 0.2) is 0 Å². The molecule has 2 N–H and O–H groups in total. The molecule has 1 fully saturated rings. The van der Waals surface area contributed by atoms with Crippen LogP contribution in [0.3, 0.4) is 0 Å². The van der Waals surface area contributed by atoms with E-state index in [1.807, 2.05) is 0 Å². The molecule has 1 aromatic rings. The summed E-state index contributed by atoms with van der Waals surface area (Å²) >= 11 is 0. The first-order valence-corrected chi connectivity index (χ1v) is 4.29. The molecule has 2 unspecified atom stereocenters. The number of hydrogen-bond acceptors (Lipinski definition) is 5. The normalized spacial score (nSPS) is 27.2. The van der Waals surface area contributed by atoms with Gasteiger partial charge in [0.2, 0.25) is 5.89 Å². The number of aromatic nitrogens is 2. The summed E-state index contributed by atoms with van der Waals surface area (Å²) in [6.45, 7) is 0.314. The molecule has 2 atom stereocenters. The molecule has 0 amide bonds. The van der Waals surface area contributed by atoms with Crippen LogP contribution in [0.25, 0.3) is 0 Å². The Morgan fingerprint density at radius 1 is 1.47 bits per heavy atom. The Bertz CT molecular complexity index is 351. The summed E-state index contributed by atoms with van der Waals surface area (Å²) in [6.07, 6.45) is -4.91. The Labute approximate surface area is 82.3 Å². The zero-order valence-electron chi connectivity index (χ0n) is 7.45. The summed E-state index contributed by atoms with van der Waals surface area (Å²) in [5.41, 5.74) is 0. The van der Waals surface area contributed by atoms with Gasteiger partial charge in [-0.25, -0.2) is 0 Å². The first-order chi connectivity index (χ1) is 6.97. The fourth-order valence-electron chi connectivity index (χ4n) is 1.40. The van der Waals surface area contributed by atoms with Crippen LogP contribution in [0.2, 0.25) is 0 Å². The molecule has 15 heavy (non-hydrogen) atoms. The van der Waals surface area contributed by atoms with E-state index in [0.717, 1.165) is 0 Å². The Hall–Kier alpha value is -1.15. The number of nitrogens with zero attached hydrogens (tertiary/aromatic N) is 2. The number of alkyl halides is 3. The lowest BCUT2D eigenvalue weighted by Gasteiger charge is -2.01. The summed E-state index contributed by atoms with van der Waals surface area (Å²) in [5.74, 6) is -1.43. The van der Waals surface area contributed by atoms with Gasteiger partial charge in [0, 0.05) is 6.54 Å². The van der Waals surface area contributed by atoms with Crippen molar-refractivity contribution in [3.63, 3.8) is 0 Å². The molecule has 1 aliphatic heterocycles. The van der Waals surface area contributed by atoms with Crippen molar-refractivity contribution in [1.82, 2.24) is 15.5 Å². The van der Waals surface area contributed by atoms with Gasteiger partial charge in [-0.2, -0.15) is 18.2 Å². The number of β-amino-alcohol motifs (C(OH)–C–C–N with tert-alkyl or cyclic N) is 1. The van der Waals surface area contributed by atoms with Gasteiger partial charge in [-0.1, -0.05) is 5.16 Å². The zero-order valence-corrected chi connectivity index (χ0v) is 7.45. The maximum absolute atomic E-state index is 12.1. The second kappa shape index (κ2) is 3.46. The molecule has 84 valence electrons. The summed E-state index contributed by atoms with van der Waals surface area (Å²) < 4.78 is 40.8. The Balaban J connectivity index is 2.14. The van der Waals surface area contributed by atoms with Gasteiger partial charge in [-0.3, -0.25) is 0 Å². The molecule has 0 saturated carbocycles. The number of aliphatic hydroxyl groups excluding tert-OH is 1. The van der Waals surface area contributed by atoms with Gasteiger partial charge in [0.1, 0.15) is 0 Å². The van der Waals surface area contributed by atoms with Gasteiger partial charge in [0.05, 0.1) is 12.1 Å². The Morgan fingerprint density at radius 2 is 2.20 bits per heavy atom. The third-order valence-corrected chi connectivity index (χ3v) is 2.10. The highest BCUT2D eigenvalue weighted by atomic mass is 19.4. The number of nitrogens with one attached hydrogen (secondary N) is 1. The lowest BCUT2D eigenvalue weighted by Crippen LogP contribution is -2.15. The van der Waals surface area contributed by atoms with Crippen molar-refractivity contribution < 1.29 is 22.8 Å². The summed E-state index contributed by atoms with van der Waals surface area (Å²) in [5, 5.41) is 14.8. The molecule has 0 spiro atoms. The van der Waals surface area contributed by atoms with Crippen molar-refractivity contribution in [3.05, 3.63) is 11.7 Å². The molecule has 5 nitrogen and oxygen atoms in total. The lowest BCUT2D eigenvalue weighted by atomic mass is 10.2. The first kappa shape index (κ1) is 10.4. The number of halogens is 3. The van der Waals surface area contributed by atoms with Gasteiger partial charge in [-0.05, 0) is 6.42 Å². The van der Waals surface area contributed by atoms with Crippen molar-refractivity contribution in [2.75, 3.05) is 6.54 Å². The lowest BCUT2D eigenvalue weighted by molar-refractivity contribution is -0.146. The van der Waals surface area contributed by atoms with Crippen LogP contribution < -0.4 is 5.32 Å². The minimum Gasteiger partial charge on any atom is -0.392 e. The molecule has 8 heteroatoms. The van der Waals surface area contributed by atoms with Crippen LogP contribution in [0.15, 0.2) is 4.52 Å². The van der Waals surface area contributed by atoms with Crippen molar-refractivity contribution in [3.8, 4) is 0 Å². The van der Waals surface area contributed by atoms with Gasteiger partial charge in [0.25, 0.3) is 5.82 Å². The molecule has 0 aromatic carbocycles. The molecule has 0 aliphatic carbocycles. The third-order valence-electron chi connectivity index (χ3n) is 2.10. The molecule has 0 radical (unpaired) electrons. The smallest absolute Gasteiger partial charge is 0.392 e. The predicted molar refractivity (Wildman–Crippen MR) is 40.7 cm³/mol. The second-order valence-electron chi connectivity index (χ2n) is 3.30. The quantitative estimate of drug-likeness (QED) is 0.724. The Morgan fingerprint density at radius 3 is 2.67 bits per heavy atom. The van der Waals surface area contributed by atoms with Crippen molar-refractivity contribution >= 4 is 0 Å².